The van der Waals surface area contributed by atoms with E-state index in [0.29, 0.717) is 18.6 Å². The van der Waals surface area contributed by atoms with E-state index < -0.39 is 0 Å². The van der Waals surface area contributed by atoms with Gasteiger partial charge in [0.05, 0.1) is 19.8 Å². The zero-order valence-electron chi connectivity index (χ0n) is 17.2. The van der Waals surface area contributed by atoms with E-state index in [0.717, 1.165) is 57.2 Å². The van der Waals surface area contributed by atoms with E-state index in [4.69, 9.17) is 9.73 Å². The molecule has 3 rings (SSSR count). The molecule has 1 heterocycles. The number of guanidine groups is 1. The normalized spacial score (nSPS) is 22.9. The Morgan fingerprint density at radius 3 is 2.75 bits per heavy atom. The average Bonchev–Trinajstić information content (AvgIpc) is 3.45. The van der Waals surface area contributed by atoms with Crippen LogP contribution < -0.4 is 10.6 Å². The topological polar surface area (TPSA) is 48.9 Å². The van der Waals surface area contributed by atoms with E-state index in [1.165, 1.54) is 0 Å². The van der Waals surface area contributed by atoms with Crippen LogP contribution in [0.5, 0.6) is 0 Å². The van der Waals surface area contributed by atoms with Gasteiger partial charge >= 0.3 is 0 Å². The molecule has 28 heavy (non-hydrogen) atoms. The van der Waals surface area contributed by atoms with Crippen molar-refractivity contribution in [1.82, 2.24) is 15.5 Å². The molecule has 2 unspecified atom stereocenters. The molecule has 1 aromatic rings. The van der Waals surface area contributed by atoms with Crippen molar-refractivity contribution in [3.05, 3.63) is 35.6 Å². The van der Waals surface area contributed by atoms with Gasteiger partial charge in [0.25, 0.3) is 0 Å². The van der Waals surface area contributed by atoms with Crippen LogP contribution in [0.4, 0.5) is 4.39 Å². The number of nitrogens with zero attached hydrogens (tertiary/aromatic N) is 2. The van der Waals surface area contributed by atoms with Crippen molar-refractivity contribution in [2.45, 2.75) is 51.1 Å². The van der Waals surface area contributed by atoms with Crippen LogP contribution in [0.25, 0.3) is 0 Å². The Balaban J connectivity index is 0.00000280. The molecule has 2 aliphatic rings. The maximum absolute atomic E-state index is 14.2. The standard InChI is InChI=1S/C21H33FN4O.HI/c1-4-23-20(24-13-16(2)26-11-12-27-14-17(26)3)25-15-21(9-10-21)18-7-5-6-8-19(18)22;/h5-8,16-17H,4,9-15H2,1-3H3,(H2,23,24,25);1H. The highest BCUT2D eigenvalue weighted by molar-refractivity contribution is 14.0. The first-order valence-corrected chi connectivity index (χ1v) is 10.2. The molecule has 1 saturated carbocycles. The third kappa shape index (κ3) is 5.79. The van der Waals surface area contributed by atoms with E-state index >= 15 is 0 Å². The molecule has 0 radical (unpaired) electrons. The lowest BCUT2D eigenvalue weighted by atomic mass is 9.95. The van der Waals surface area contributed by atoms with Gasteiger partial charge in [-0.3, -0.25) is 9.89 Å². The molecular weight excluding hydrogens is 470 g/mol. The summed E-state index contributed by atoms with van der Waals surface area (Å²) in [5, 5.41) is 6.79. The molecule has 1 aromatic carbocycles. The lowest BCUT2D eigenvalue weighted by Gasteiger charge is -2.38. The number of hydrogen-bond acceptors (Lipinski definition) is 3. The fourth-order valence-electron chi connectivity index (χ4n) is 3.88. The van der Waals surface area contributed by atoms with Crippen LogP contribution >= 0.6 is 24.0 Å². The van der Waals surface area contributed by atoms with Crippen LogP contribution in [-0.2, 0) is 10.2 Å². The third-order valence-electron chi connectivity index (χ3n) is 5.73. The number of nitrogens with one attached hydrogen (secondary N) is 2. The monoisotopic (exact) mass is 504 g/mol. The number of hydrogen-bond donors (Lipinski definition) is 2. The highest BCUT2D eigenvalue weighted by Gasteiger charge is 2.45. The van der Waals surface area contributed by atoms with Crippen molar-refractivity contribution in [3.8, 4) is 0 Å². The van der Waals surface area contributed by atoms with Gasteiger partial charge in [-0.25, -0.2) is 4.39 Å². The summed E-state index contributed by atoms with van der Waals surface area (Å²) in [6.07, 6.45) is 2.00. The van der Waals surface area contributed by atoms with Crippen LogP contribution in [0.3, 0.4) is 0 Å². The summed E-state index contributed by atoms with van der Waals surface area (Å²) in [6, 6.07) is 7.95. The fraction of sp³-hybridized carbons (Fsp3) is 0.667. The van der Waals surface area contributed by atoms with Gasteiger partial charge < -0.3 is 15.4 Å². The smallest absolute Gasteiger partial charge is 0.191 e. The average molecular weight is 504 g/mol. The van der Waals surface area contributed by atoms with Gasteiger partial charge in [-0.05, 0) is 45.2 Å². The first-order valence-electron chi connectivity index (χ1n) is 10.2. The second-order valence-corrected chi connectivity index (χ2v) is 7.85. The minimum Gasteiger partial charge on any atom is -0.379 e. The number of ether oxygens (including phenoxy) is 1. The molecule has 0 bridgehead atoms. The van der Waals surface area contributed by atoms with Crippen LogP contribution in [0.1, 0.15) is 39.2 Å². The quantitative estimate of drug-likeness (QED) is 0.341. The van der Waals surface area contributed by atoms with Gasteiger partial charge in [0.2, 0.25) is 0 Å². The molecule has 0 amide bonds. The van der Waals surface area contributed by atoms with Gasteiger partial charge in [0.1, 0.15) is 5.82 Å². The first-order chi connectivity index (χ1) is 13.1. The predicted octanol–water partition coefficient (Wildman–Crippen LogP) is 3.14. The summed E-state index contributed by atoms with van der Waals surface area (Å²) in [4.78, 5) is 7.26. The van der Waals surface area contributed by atoms with Gasteiger partial charge in [0, 0.05) is 37.1 Å². The predicted molar refractivity (Wildman–Crippen MR) is 123 cm³/mol. The van der Waals surface area contributed by atoms with E-state index in [-0.39, 0.29) is 35.2 Å². The summed E-state index contributed by atoms with van der Waals surface area (Å²) in [6.45, 7) is 11.3. The van der Waals surface area contributed by atoms with Crippen LogP contribution in [0, 0.1) is 5.82 Å². The van der Waals surface area contributed by atoms with Gasteiger partial charge in [0.15, 0.2) is 5.96 Å². The maximum Gasteiger partial charge on any atom is 0.191 e. The first kappa shape index (κ1) is 23.3. The Hall–Kier alpha value is -0.930. The van der Waals surface area contributed by atoms with Crippen molar-refractivity contribution < 1.29 is 9.13 Å². The van der Waals surface area contributed by atoms with Crippen LogP contribution in [-0.4, -0.2) is 62.3 Å². The molecule has 1 aliphatic carbocycles. The zero-order valence-corrected chi connectivity index (χ0v) is 19.5. The highest BCUT2D eigenvalue weighted by Crippen LogP contribution is 2.49. The second kappa shape index (κ2) is 10.7. The molecule has 2 atom stereocenters. The van der Waals surface area contributed by atoms with E-state index in [9.17, 15) is 4.39 Å². The molecule has 1 aliphatic heterocycles. The molecule has 7 heteroatoms. The second-order valence-electron chi connectivity index (χ2n) is 7.85. The number of benzene rings is 1. The SMILES string of the molecule is CCNC(=NCC1(c2ccccc2F)CC1)NCC(C)N1CCOCC1C.I. The summed E-state index contributed by atoms with van der Waals surface area (Å²) >= 11 is 0. The molecule has 1 saturated heterocycles. The Morgan fingerprint density at radius 1 is 1.36 bits per heavy atom. The third-order valence-corrected chi connectivity index (χ3v) is 5.73. The minimum atomic E-state index is -0.127. The van der Waals surface area contributed by atoms with E-state index in [1.54, 1.807) is 12.1 Å². The van der Waals surface area contributed by atoms with E-state index in [2.05, 4.69) is 36.3 Å². The van der Waals surface area contributed by atoms with Crippen molar-refractivity contribution in [2.24, 2.45) is 4.99 Å². The molecule has 2 fully saturated rings. The highest BCUT2D eigenvalue weighted by atomic mass is 127. The van der Waals surface area contributed by atoms with Crippen molar-refractivity contribution >= 4 is 29.9 Å². The van der Waals surface area contributed by atoms with Crippen molar-refractivity contribution in [3.63, 3.8) is 0 Å². The minimum absolute atomic E-state index is 0. The van der Waals surface area contributed by atoms with Crippen molar-refractivity contribution in [1.29, 1.82) is 0 Å². The Morgan fingerprint density at radius 2 is 2.11 bits per heavy atom. The van der Waals surface area contributed by atoms with Gasteiger partial charge in [-0.2, -0.15) is 0 Å². The molecule has 5 nitrogen and oxygen atoms in total. The largest absolute Gasteiger partial charge is 0.379 e. The molecular formula is C21H34FIN4O. The lowest BCUT2D eigenvalue weighted by Crippen LogP contribution is -2.53. The molecule has 2 N–H and O–H groups in total. The number of morpholine rings is 1. The summed E-state index contributed by atoms with van der Waals surface area (Å²) < 4.78 is 19.7. The number of halogens is 2. The van der Waals surface area contributed by atoms with Gasteiger partial charge in [-0.1, -0.05) is 18.2 Å². The Labute approximate surface area is 185 Å². The van der Waals surface area contributed by atoms with Gasteiger partial charge in [-0.15, -0.1) is 24.0 Å². The number of aliphatic imine (C=N–C) groups is 1. The fourth-order valence-corrected chi connectivity index (χ4v) is 3.88. The maximum atomic E-state index is 14.2. The Bertz CT molecular complexity index is 653. The summed E-state index contributed by atoms with van der Waals surface area (Å²) in [5.74, 6) is 0.700. The van der Waals surface area contributed by atoms with Crippen LogP contribution in [0.2, 0.25) is 0 Å². The summed E-state index contributed by atoms with van der Waals surface area (Å²) in [5.41, 5.74) is 0.679. The van der Waals surface area contributed by atoms with E-state index in [1.807, 2.05) is 12.1 Å². The lowest BCUT2D eigenvalue weighted by molar-refractivity contribution is -0.0174. The molecule has 0 aromatic heterocycles. The van der Waals surface area contributed by atoms with Crippen molar-refractivity contribution in [2.75, 3.05) is 39.4 Å². The van der Waals surface area contributed by atoms with Crippen LogP contribution in [0.15, 0.2) is 29.3 Å². The molecule has 158 valence electrons. The molecule has 0 spiro atoms. The summed E-state index contributed by atoms with van der Waals surface area (Å²) in [7, 11) is 0. The Kier molecular flexibility index (Phi) is 8.95. The zero-order chi connectivity index (χ0) is 19.3. The number of rotatable bonds is 7.